The summed E-state index contributed by atoms with van der Waals surface area (Å²) in [6, 6.07) is 14.9. The van der Waals surface area contributed by atoms with Crippen molar-refractivity contribution in [3.63, 3.8) is 0 Å². The Morgan fingerprint density at radius 2 is 1.76 bits per heavy atom. The van der Waals surface area contributed by atoms with Gasteiger partial charge in [-0.05, 0) is 55.3 Å². The van der Waals surface area contributed by atoms with E-state index in [1.165, 1.54) is 0 Å². The molecule has 25 heavy (non-hydrogen) atoms. The molecule has 0 aliphatic rings. The first-order chi connectivity index (χ1) is 12.2. The average Bonchev–Trinajstić information content (AvgIpc) is 2.65. The van der Waals surface area contributed by atoms with Gasteiger partial charge in [0.05, 0.1) is 13.7 Å². The van der Waals surface area contributed by atoms with Gasteiger partial charge in [-0.25, -0.2) is 0 Å². The standard InChI is InChI=1S/C20H25NO4/c1-4-19(25-17-11-9-16(23-3)10-12-17)20(22)21-14-15-7-6-8-18(13-15)24-5-2/h6-13,19H,4-5,14H2,1-3H3,(H,21,22)/t19-/m1/s1. The first-order valence-corrected chi connectivity index (χ1v) is 8.46. The van der Waals surface area contributed by atoms with Crippen molar-refractivity contribution in [2.45, 2.75) is 32.9 Å². The molecule has 0 aromatic heterocycles. The lowest BCUT2D eigenvalue weighted by Crippen LogP contribution is -2.37. The predicted molar refractivity (Wildman–Crippen MR) is 97.2 cm³/mol. The molecule has 2 aromatic rings. The number of carbonyl (C=O) groups excluding carboxylic acids is 1. The van der Waals surface area contributed by atoms with Crippen molar-refractivity contribution >= 4 is 5.91 Å². The molecule has 134 valence electrons. The molecule has 0 heterocycles. The van der Waals surface area contributed by atoms with Gasteiger partial charge in [0.15, 0.2) is 6.10 Å². The number of amides is 1. The minimum atomic E-state index is -0.538. The van der Waals surface area contributed by atoms with E-state index < -0.39 is 6.10 Å². The van der Waals surface area contributed by atoms with Crippen LogP contribution in [0.2, 0.25) is 0 Å². The predicted octanol–water partition coefficient (Wildman–Crippen LogP) is 3.57. The Morgan fingerprint density at radius 1 is 1.04 bits per heavy atom. The largest absolute Gasteiger partial charge is 0.497 e. The quantitative estimate of drug-likeness (QED) is 0.756. The maximum absolute atomic E-state index is 12.4. The van der Waals surface area contributed by atoms with E-state index in [-0.39, 0.29) is 5.91 Å². The molecule has 0 unspecified atom stereocenters. The molecule has 0 bridgehead atoms. The molecule has 0 aliphatic heterocycles. The van der Waals surface area contributed by atoms with Crippen LogP contribution in [0.4, 0.5) is 0 Å². The van der Waals surface area contributed by atoms with Gasteiger partial charge >= 0.3 is 0 Å². The van der Waals surface area contributed by atoms with Crippen LogP contribution in [0.15, 0.2) is 48.5 Å². The highest BCUT2D eigenvalue weighted by molar-refractivity contribution is 5.81. The number of carbonyl (C=O) groups is 1. The third kappa shape index (κ3) is 5.71. The average molecular weight is 343 g/mol. The molecule has 1 atom stereocenters. The first-order valence-electron chi connectivity index (χ1n) is 8.46. The van der Waals surface area contributed by atoms with E-state index in [9.17, 15) is 4.79 Å². The van der Waals surface area contributed by atoms with E-state index in [0.29, 0.717) is 25.3 Å². The maximum Gasteiger partial charge on any atom is 0.261 e. The number of hydrogen-bond acceptors (Lipinski definition) is 4. The molecular weight excluding hydrogens is 318 g/mol. The summed E-state index contributed by atoms with van der Waals surface area (Å²) in [6.45, 7) is 4.91. The Labute approximate surface area is 148 Å². The van der Waals surface area contributed by atoms with Gasteiger partial charge in [0.1, 0.15) is 17.2 Å². The van der Waals surface area contributed by atoms with Gasteiger partial charge < -0.3 is 19.5 Å². The Kier molecular flexibility index (Phi) is 7.14. The lowest BCUT2D eigenvalue weighted by atomic mass is 10.2. The zero-order valence-electron chi connectivity index (χ0n) is 15.0. The highest BCUT2D eigenvalue weighted by atomic mass is 16.5. The lowest BCUT2D eigenvalue weighted by molar-refractivity contribution is -0.128. The normalized spacial score (nSPS) is 11.5. The van der Waals surface area contributed by atoms with Crippen LogP contribution in [0.25, 0.3) is 0 Å². The van der Waals surface area contributed by atoms with E-state index in [1.54, 1.807) is 31.4 Å². The van der Waals surface area contributed by atoms with E-state index in [1.807, 2.05) is 38.1 Å². The second kappa shape index (κ2) is 9.57. The molecule has 0 saturated carbocycles. The van der Waals surface area contributed by atoms with Crippen molar-refractivity contribution in [3.05, 3.63) is 54.1 Å². The van der Waals surface area contributed by atoms with Crippen LogP contribution >= 0.6 is 0 Å². The number of benzene rings is 2. The minimum absolute atomic E-state index is 0.139. The fraction of sp³-hybridized carbons (Fsp3) is 0.350. The summed E-state index contributed by atoms with van der Waals surface area (Å²) in [4.78, 5) is 12.4. The molecule has 1 amide bonds. The number of ether oxygens (including phenoxy) is 3. The number of methoxy groups -OCH3 is 1. The van der Waals surface area contributed by atoms with Crippen LogP contribution in [0.3, 0.4) is 0 Å². The van der Waals surface area contributed by atoms with Crippen molar-refractivity contribution in [1.29, 1.82) is 0 Å². The Bertz CT molecular complexity index is 670. The van der Waals surface area contributed by atoms with Gasteiger partial charge in [0.2, 0.25) is 0 Å². The van der Waals surface area contributed by atoms with Crippen molar-refractivity contribution in [3.8, 4) is 17.2 Å². The first kappa shape index (κ1) is 18.6. The SMILES string of the molecule is CCOc1cccc(CNC(=O)[C@@H](CC)Oc2ccc(OC)cc2)c1. The molecule has 0 aliphatic carbocycles. The van der Waals surface area contributed by atoms with Gasteiger partial charge in [0, 0.05) is 6.54 Å². The minimum Gasteiger partial charge on any atom is -0.497 e. The smallest absolute Gasteiger partial charge is 0.261 e. The van der Waals surface area contributed by atoms with Crippen molar-refractivity contribution in [2.24, 2.45) is 0 Å². The van der Waals surface area contributed by atoms with Crippen molar-refractivity contribution in [1.82, 2.24) is 5.32 Å². The van der Waals surface area contributed by atoms with Gasteiger partial charge in [-0.3, -0.25) is 4.79 Å². The molecule has 1 N–H and O–H groups in total. The zero-order valence-corrected chi connectivity index (χ0v) is 15.0. The summed E-state index contributed by atoms with van der Waals surface area (Å²) in [6.07, 6.45) is 0.0418. The lowest BCUT2D eigenvalue weighted by Gasteiger charge is -2.17. The van der Waals surface area contributed by atoms with Gasteiger partial charge in [0.25, 0.3) is 5.91 Å². The van der Waals surface area contributed by atoms with Crippen LogP contribution in [-0.2, 0) is 11.3 Å². The molecule has 2 aromatic carbocycles. The third-order valence-corrected chi connectivity index (χ3v) is 3.68. The number of hydrogen-bond donors (Lipinski definition) is 1. The van der Waals surface area contributed by atoms with Gasteiger partial charge in [-0.15, -0.1) is 0 Å². The van der Waals surface area contributed by atoms with Crippen LogP contribution in [-0.4, -0.2) is 25.7 Å². The third-order valence-electron chi connectivity index (χ3n) is 3.68. The van der Waals surface area contributed by atoms with Gasteiger partial charge in [-0.1, -0.05) is 19.1 Å². The Balaban J connectivity index is 1.91. The summed E-state index contributed by atoms with van der Waals surface area (Å²) in [7, 11) is 1.61. The summed E-state index contributed by atoms with van der Waals surface area (Å²) in [5.74, 6) is 2.05. The summed E-state index contributed by atoms with van der Waals surface area (Å²) in [5.41, 5.74) is 0.985. The molecule has 5 heteroatoms. The Hall–Kier alpha value is -2.69. The van der Waals surface area contributed by atoms with E-state index in [0.717, 1.165) is 17.1 Å². The van der Waals surface area contributed by atoms with Crippen LogP contribution < -0.4 is 19.5 Å². The highest BCUT2D eigenvalue weighted by Crippen LogP contribution is 2.19. The van der Waals surface area contributed by atoms with E-state index in [4.69, 9.17) is 14.2 Å². The molecular formula is C20H25NO4. The van der Waals surface area contributed by atoms with E-state index in [2.05, 4.69) is 5.32 Å². The number of rotatable bonds is 9. The van der Waals surface area contributed by atoms with Crippen molar-refractivity contribution < 1.29 is 19.0 Å². The molecule has 5 nitrogen and oxygen atoms in total. The second-order valence-corrected chi connectivity index (χ2v) is 5.49. The topological polar surface area (TPSA) is 56.8 Å². The summed E-state index contributed by atoms with van der Waals surface area (Å²) >= 11 is 0. The molecule has 0 saturated heterocycles. The van der Waals surface area contributed by atoms with Crippen LogP contribution in [0, 0.1) is 0 Å². The fourth-order valence-electron chi connectivity index (χ4n) is 2.36. The van der Waals surface area contributed by atoms with Gasteiger partial charge in [-0.2, -0.15) is 0 Å². The molecule has 0 radical (unpaired) electrons. The summed E-state index contributed by atoms with van der Waals surface area (Å²) < 4.78 is 16.4. The highest BCUT2D eigenvalue weighted by Gasteiger charge is 2.18. The zero-order chi connectivity index (χ0) is 18.1. The fourth-order valence-corrected chi connectivity index (χ4v) is 2.36. The Morgan fingerprint density at radius 3 is 2.40 bits per heavy atom. The van der Waals surface area contributed by atoms with Crippen LogP contribution in [0.1, 0.15) is 25.8 Å². The monoisotopic (exact) mass is 343 g/mol. The van der Waals surface area contributed by atoms with E-state index >= 15 is 0 Å². The van der Waals surface area contributed by atoms with Crippen molar-refractivity contribution in [2.75, 3.05) is 13.7 Å². The second-order valence-electron chi connectivity index (χ2n) is 5.49. The maximum atomic E-state index is 12.4. The molecule has 0 spiro atoms. The van der Waals surface area contributed by atoms with Crippen LogP contribution in [0.5, 0.6) is 17.2 Å². The molecule has 2 rings (SSSR count). The number of nitrogens with one attached hydrogen (secondary N) is 1. The molecule has 0 fully saturated rings. The summed E-state index contributed by atoms with van der Waals surface area (Å²) in [5, 5.41) is 2.92.